The van der Waals surface area contributed by atoms with Crippen molar-refractivity contribution in [2.45, 2.75) is 24.9 Å². The number of hydrogen-bond acceptors (Lipinski definition) is 5. The minimum Gasteiger partial charge on any atom is -0.329 e. The molecule has 2 rings (SSSR count). The minimum atomic E-state index is -3.52. The minimum absolute atomic E-state index is 0.162. The van der Waals surface area contributed by atoms with E-state index in [2.05, 4.69) is 9.82 Å². The molecule has 0 aliphatic carbocycles. The monoisotopic (exact) mass is 300 g/mol. The SMILES string of the molecule is Cc1ccsc1CNS(=O)(=O)c1cnn(CCN)c1. The van der Waals surface area contributed by atoms with E-state index in [9.17, 15) is 8.42 Å². The molecule has 0 saturated carbocycles. The van der Waals surface area contributed by atoms with Crippen LogP contribution in [0.1, 0.15) is 10.4 Å². The Balaban J connectivity index is 2.07. The van der Waals surface area contributed by atoms with E-state index >= 15 is 0 Å². The maximum atomic E-state index is 12.1. The normalized spacial score (nSPS) is 11.9. The van der Waals surface area contributed by atoms with Gasteiger partial charge in [0, 0.05) is 24.2 Å². The van der Waals surface area contributed by atoms with Crippen LogP contribution in [0.2, 0.25) is 0 Å². The number of aromatic nitrogens is 2. The van der Waals surface area contributed by atoms with E-state index in [4.69, 9.17) is 5.73 Å². The molecule has 6 nitrogen and oxygen atoms in total. The molecule has 0 amide bonds. The Bertz CT molecular complexity index is 645. The summed E-state index contributed by atoms with van der Waals surface area (Å²) in [5.74, 6) is 0. The van der Waals surface area contributed by atoms with Crippen molar-refractivity contribution in [1.82, 2.24) is 14.5 Å². The first-order chi connectivity index (χ1) is 9.03. The van der Waals surface area contributed by atoms with Gasteiger partial charge >= 0.3 is 0 Å². The van der Waals surface area contributed by atoms with E-state index in [1.807, 2.05) is 18.4 Å². The first kappa shape index (κ1) is 14.2. The van der Waals surface area contributed by atoms with Crippen molar-refractivity contribution in [2.75, 3.05) is 6.54 Å². The van der Waals surface area contributed by atoms with Crippen LogP contribution in [0.5, 0.6) is 0 Å². The van der Waals surface area contributed by atoms with E-state index < -0.39 is 10.0 Å². The van der Waals surface area contributed by atoms with Gasteiger partial charge in [-0.25, -0.2) is 13.1 Å². The van der Waals surface area contributed by atoms with Gasteiger partial charge in [-0.1, -0.05) is 0 Å². The standard InChI is InChI=1S/C11H16N4O2S2/c1-9-2-5-18-11(9)7-14-19(16,17)10-6-13-15(8-10)4-3-12/h2,5-6,8,14H,3-4,7,12H2,1H3. The van der Waals surface area contributed by atoms with Gasteiger partial charge in [-0.2, -0.15) is 5.10 Å². The van der Waals surface area contributed by atoms with Gasteiger partial charge in [-0.15, -0.1) is 11.3 Å². The van der Waals surface area contributed by atoms with E-state index in [-0.39, 0.29) is 4.90 Å². The Morgan fingerprint density at radius 3 is 2.95 bits per heavy atom. The predicted octanol–water partition coefficient (Wildman–Crippen LogP) is 0.690. The summed E-state index contributed by atoms with van der Waals surface area (Å²) in [5, 5.41) is 5.90. The number of rotatable bonds is 6. The summed E-state index contributed by atoms with van der Waals surface area (Å²) in [7, 11) is -3.52. The Morgan fingerprint density at radius 2 is 2.32 bits per heavy atom. The fraction of sp³-hybridized carbons (Fsp3) is 0.364. The van der Waals surface area contributed by atoms with Crippen LogP contribution >= 0.6 is 11.3 Å². The van der Waals surface area contributed by atoms with Gasteiger partial charge in [0.1, 0.15) is 4.90 Å². The van der Waals surface area contributed by atoms with Crippen molar-refractivity contribution in [2.24, 2.45) is 5.73 Å². The molecule has 8 heteroatoms. The fourth-order valence-electron chi connectivity index (χ4n) is 1.57. The molecule has 2 aromatic rings. The largest absolute Gasteiger partial charge is 0.329 e. The Labute approximate surface area is 116 Å². The summed E-state index contributed by atoms with van der Waals surface area (Å²) < 4.78 is 28.2. The molecular formula is C11H16N4O2S2. The van der Waals surface area contributed by atoms with Crippen LogP contribution in [0.4, 0.5) is 0 Å². The van der Waals surface area contributed by atoms with Crippen LogP contribution < -0.4 is 10.5 Å². The third kappa shape index (κ3) is 3.41. The summed E-state index contributed by atoms with van der Waals surface area (Å²) in [6, 6.07) is 1.97. The Kier molecular flexibility index (Phi) is 4.35. The first-order valence-corrected chi connectivity index (χ1v) is 8.14. The number of nitrogens with two attached hydrogens (primary N) is 1. The first-order valence-electron chi connectivity index (χ1n) is 5.78. The number of nitrogens with zero attached hydrogens (tertiary/aromatic N) is 2. The molecule has 2 aromatic heterocycles. The quantitative estimate of drug-likeness (QED) is 0.821. The van der Waals surface area contributed by atoms with Crippen molar-refractivity contribution in [1.29, 1.82) is 0 Å². The number of thiophene rings is 1. The zero-order valence-corrected chi connectivity index (χ0v) is 12.2. The molecule has 0 bridgehead atoms. The van der Waals surface area contributed by atoms with E-state index in [1.165, 1.54) is 28.4 Å². The maximum absolute atomic E-state index is 12.1. The average molecular weight is 300 g/mol. The lowest BCUT2D eigenvalue weighted by molar-refractivity contribution is 0.580. The van der Waals surface area contributed by atoms with Crippen LogP contribution in [-0.2, 0) is 23.1 Å². The molecule has 0 unspecified atom stereocenters. The molecule has 0 aromatic carbocycles. The molecule has 2 heterocycles. The van der Waals surface area contributed by atoms with Crippen LogP contribution in [-0.4, -0.2) is 24.7 Å². The summed E-state index contributed by atoms with van der Waals surface area (Å²) in [5.41, 5.74) is 6.48. The van der Waals surface area contributed by atoms with Gasteiger partial charge in [-0.05, 0) is 23.9 Å². The second kappa shape index (κ2) is 5.83. The van der Waals surface area contributed by atoms with E-state index in [0.29, 0.717) is 19.6 Å². The van der Waals surface area contributed by atoms with Crippen LogP contribution in [0.3, 0.4) is 0 Å². The highest BCUT2D eigenvalue weighted by atomic mass is 32.2. The second-order valence-corrected chi connectivity index (χ2v) is 6.85. The van der Waals surface area contributed by atoms with E-state index in [1.54, 1.807) is 0 Å². The molecule has 0 aliphatic heterocycles. The number of nitrogens with one attached hydrogen (secondary N) is 1. The molecule has 0 spiro atoms. The van der Waals surface area contributed by atoms with Crippen LogP contribution in [0.15, 0.2) is 28.7 Å². The van der Waals surface area contributed by atoms with Gasteiger partial charge in [0.05, 0.1) is 12.7 Å². The summed E-state index contributed by atoms with van der Waals surface area (Å²) in [6.45, 7) is 3.18. The van der Waals surface area contributed by atoms with Crippen molar-refractivity contribution in [3.8, 4) is 0 Å². The number of hydrogen-bond donors (Lipinski definition) is 2. The van der Waals surface area contributed by atoms with Crippen molar-refractivity contribution >= 4 is 21.4 Å². The topological polar surface area (TPSA) is 90.0 Å². The highest BCUT2D eigenvalue weighted by Gasteiger charge is 2.16. The maximum Gasteiger partial charge on any atom is 0.244 e. The number of aryl methyl sites for hydroxylation is 1. The molecule has 0 atom stereocenters. The third-order valence-corrected chi connectivity index (χ3v) is 5.05. The highest BCUT2D eigenvalue weighted by molar-refractivity contribution is 7.89. The van der Waals surface area contributed by atoms with Gasteiger partial charge in [0.15, 0.2) is 0 Å². The second-order valence-electron chi connectivity index (χ2n) is 4.08. The summed E-state index contributed by atoms with van der Waals surface area (Å²) in [4.78, 5) is 1.17. The zero-order valence-electron chi connectivity index (χ0n) is 10.5. The molecule has 104 valence electrons. The Hall–Kier alpha value is -1.22. The average Bonchev–Trinajstić information content (AvgIpc) is 2.97. The van der Waals surface area contributed by atoms with Crippen molar-refractivity contribution in [3.63, 3.8) is 0 Å². The van der Waals surface area contributed by atoms with Gasteiger partial charge in [0.2, 0.25) is 10.0 Å². The zero-order chi connectivity index (χ0) is 13.9. The van der Waals surface area contributed by atoms with Crippen LogP contribution in [0, 0.1) is 6.92 Å². The lowest BCUT2D eigenvalue weighted by atomic mass is 10.3. The highest BCUT2D eigenvalue weighted by Crippen LogP contribution is 2.16. The molecule has 0 fully saturated rings. The molecule has 0 saturated heterocycles. The summed E-state index contributed by atoms with van der Waals surface area (Å²) >= 11 is 1.53. The predicted molar refractivity (Wildman–Crippen MR) is 74.4 cm³/mol. The summed E-state index contributed by atoms with van der Waals surface area (Å²) in [6.07, 6.45) is 2.82. The smallest absolute Gasteiger partial charge is 0.244 e. The van der Waals surface area contributed by atoms with Gasteiger partial charge in [-0.3, -0.25) is 4.68 Å². The van der Waals surface area contributed by atoms with Gasteiger partial charge < -0.3 is 5.73 Å². The molecule has 0 aliphatic rings. The Morgan fingerprint density at radius 1 is 1.53 bits per heavy atom. The molecule has 0 radical (unpaired) electrons. The van der Waals surface area contributed by atoms with Crippen LogP contribution in [0.25, 0.3) is 0 Å². The van der Waals surface area contributed by atoms with Crippen molar-refractivity contribution in [3.05, 3.63) is 34.3 Å². The lowest BCUT2D eigenvalue weighted by Gasteiger charge is -2.04. The molecular weight excluding hydrogens is 284 g/mol. The molecule has 3 N–H and O–H groups in total. The van der Waals surface area contributed by atoms with E-state index in [0.717, 1.165) is 10.4 Å². The van der Waals surface area contributed by atoms with Crippen molar-refractivity contribution < 1.29 is 8.42 Å². The van der Waals surface area contributed by atoms with Gasteiger partial charge in [0.25, 0.3) is 0 Å². The lowest BCUT2D eigenvalue weighted by Crippen LogP contribution is -2.22. The molecule has 19 heavy (non-hydrogen) atoms. The number of sulfonamides is 1. The fourth-order valence-corrected chi connectivity index (χ4v) is 3.45. The third-order valence-electron chi connectivity index (χ3n) is 2.67.